The van der Waals surface area contributed by atoms with Gasteiger partial charge in [-0.05, 0) is 47.8 Å². The maximum absolute atomic E-state index is 5.24. The fraction of sp³-hybridized carbons (Fsp3) is 0.909. The third-order valence-electron chi connectivity index (χ3n) is 2.92. The van der Waals surface area contributed by atoms with Gasteiger partial charge in [0.25, 0.3) is 0 Å². The Balaban J connectivity index is 3.95. The van der Waals surface area contributed by atoms with E-state index in [1.807, 2.05) is 28.1 Å². The van der Waals surface area contributed by atoms with E-state index in [4.69, 9.17) is 4.74 Å². The molecule has 15 heavy (non-hydrogen) atoms. The fourth-order valence-electron chi connectivity index (χ4n) is 1.50. The molecule has 0 fully saturated rings. The average Bonchev–Trinajstić information content (AvgIpc) is 2.27. The van der Waals surface area contributed by atoms with Crippen LogP contribution in [0.25, 0.3) is 0 Å². The van der Waals surface area contributed by atoms with Gasteiger partial charge in [0.2, 0.25) is 0 Å². The maximum Gasteiger partial charge on any atom is 0.0805 e. The van der Waals surface area contributed by atoms with Crippen LogP contribution in [0.1, 0.15) is 26.7 Å². The molecule has 91 valence electrons. The van der Waals surface area contributed by atoms with E-state index in [0.717, 1.165) is 19.4 Å². The summed E-state index contributed by atoms with van der Waals surface area (Å²) >= 11 is 0. The Morgan fingerprint density at radius 3 is 2.27 bits per heavy atom. The van der Waals surface area contributed by atoms with E-state index in [1.54, 1.807) is 6.61 Å². The molecule has 0 saturated carbocycles. The van der Waals surface area contributed by atoms with Crippen LogP contribution >= 0.6 is 0 Å². The normalized spacial score (nSPS) is 14.2. The van der Waals surface area contributed by atoms with Gasteiger partial charge in [0.05, 0.1) is 12.3 Å². The monoisotopic (exact) mass is 216 g/mol. The maximum atomic E-state index is 5.24. The molecule has 0 aromatic rings. The van der Waals surface area contributed by atoms with E-state index >= 15 is 0 Å². The van der Waals surface area contributed by atoms with Crippen molar-refractivity contribution in [1.82, 2.24) is 16.0 Å². The summed E-state index contributed by atoms with van der Waals surface area (Å²) in [7, 11) is 5.94. The zero-order valence-electron chi connectivity index (χ0n) is 10.7. The van der Waals surface area contributed by atoms with Crippen LogP contribution in [-0.2, 0) is 4.74 Å². The highest BCUT2D eigenvalue weighted by atomic mass is 16.5. The highest BCUT2D eigenvalue weighted by Gasteiger charge is 2.23. The van der Waals surface area contributed by atoms with Crippen molar-refractivity contribution in [3.8, 4) is 0 Å². The van der Waals surface area contributed by atoms with Crippen molar-refractivity contribution in [2.45, 2.75) is 38.4 Å². The van der Waals surface area contributed by atoms with Crippen LogP contribution in [0, 0.1) is 6.61 Å². The Hall–Kier alpha value is -0.160. The topological polar surface area (TPSA) is 45.3 Å². The van der Waals surface area contributed by atoms with Crippen LogP contribution < -0.4 is 16.0 Å². The summed E-state index contributed by atoms with van der Waals surface area (Å²) in [5, 5.41) is 9.88. The fourth-order valence-corrected chi connectivity index (χ4v) is 1.50. The molecule has 0 aliphatic rings. The summed E-state index contributed by atoms with van der Waals surface area (Å²) < 4.78 is 5.24. The number of rotatable bonds is 9. The van der Waals surface area contributed by atoms with Crippen LogP contribution in [0.5, 0.6) is 0 Å². The number of hydrogen-bond donors (Lipinski definition) is 3. The summed E-state index contributed by atoms with van der Waals surface area (Å²) in [5.74, 6) is 0. The minimum atomic E-state index is -0.0242. The second-order valence-electron chi connectivity index (χ2n) is 3.92. The molecule has 4 heteroatoms. The molecule has 3 N–H and O–H groups in total. The van der Waals surface area contributed by atoms with Gasteiger partial charge < -0.3 is 20.7 Å². The van der Waals surface area contributed by atoms with Gasteiger partial charge >= 0.3 is 0 Å². The van der Waals surface area contributed by atoms with Crippen molar-refractivity contribution in [1.29, 1.82) is 0 Å². The summed E-state index contributed by atoms with van der Waals surface area (Å²) in [6.45, 7) is 6.57. The molecule has 0 spiro atoms. The smallest absolute Gasteiger partial charge is 0.0805 e. The quantitative estimate of drug-likeness (QED) is 0.392. The Morgan fingerprint density at radius 1 is 1.27 bits per heavy atom. The molecule has 0 aliphatic heterocycles. The Labute approximate surface area is 94.2 Å². The van der Waals surface area contributed by atoms with Crippen molar-refractivity contribution in [2.24, 2.45) is 0 Å². The third-order valence-corrected chi connectivity index (χ3v) is 2.92. The number of ether oxygens (including phenoxy) is 1. The molecule has 0 aromatic heterocycles. The first-order chi connectivity index (χ1) is 7.11. The molecule has 4 nitrogen and oxygen atoms in total. The lowest BCUT2D eigenvalue weighted by Gasteiger charge is -2.32. The zero-order valence-corrected chi connectivity index (χ0v) is 10.7. The minimum absolute atomic E-state index is 0.0242. The van der Waals surface area contributed by atoms with E-state index < -0.39 is 0 Å². The lowest BCUT2D eigenvalue weighted by molar-refractivity contribution is 0.175. The molecule has 1 unspecified atom stereocenters. The molecule has 0 aliphatic carbocycles. The van der Waals surface area contributed by atoms with Gasteiger partial charge in [0.15, 0.2) is 0 Å². The predicted octanol–water partition coefficient (Wildman–Crippen LogP) is 0.708. The second-order valence-corrected chi connectivity index (χ2v) is 3.92. The van der Waals surface area contributed by atoms with Crippen molar-refractivity contribution in [3.05, 3.63) is 6.61 Å². The zero-order chi connectivity index (χ0) is 11.7. The first kappa shape index (κ1) is 14.8. The molecule has 1 atom stereocenters. The van der Waals surface area contributed by atoms with Gasteiger partial charge in [0, 0.05) is 12.6 Å². The molecule has 0 rings (SSSR count). The van der Waals surface area contributed by atoms with Gasteiger partial charge in [-0.15, -0.1) is 0 Å². The third kappa shape index (κ3) is 6.10. The van der Waals surface area contributed by atoms with Crippen LogP contribution in [0.4, 0.5) is 0 Å². The van der Waals surface area contributed by atoms with Crippen molar-refractivity contribution in [3.63, 3.8) is 0 Å². The summed E-state index contributed by atoms with van der Waals surface area (Å²) in [4.78, 5) is 0. The first-order valence-corrected chi connectivity index (χ1v) is 5.56. The second kappa shape index (κ2) is 8.05. The Kier molecular flexibility index (Phi) is 7.96. The van der Waals surface area contributed by atoms with Crippen LogP contribution in [0.3, 0.4) is 0 Å². The van der Waals surface area contributed by atoms with E-state index in [1.165, 1.54) is 0 Å². The molecule has 0 amide bonds. The Bertz CT molecular complexity index is 149. The van der Waals surface area contributed by atoms with Gasteiger partial charge in [-0.1, -0.05) is 0 Å². The molecule has 0 heterocycles. The SMILES string of the molecule is C[CH]OCCC(CC(C)(NC)NC)NC. The number of nitrogens with one attached hydrogen (secondary N) is 3. The average molecular weight is 216 g/mol. The highest BCUT2D eigenvalue weighted by molar-refractivity contribution is 4.83. The molecule has 1 radical (unpaired) electrons. The van der Waals surface area contributed by atoms with E-state index in [0.29, 0.717) is 6.04 Å². The summed E-state index contributed by atoms with van der Waals surface area (Å²) in [6.07, 6.45) is 2.03. The summed E-state index contributed by atoms with van der Waals surface area (Å²) in [6, 6.07) is 0.454. The first-order valence-electron chi connectivity index (χ1n) is 5.56. The highest BCUT2D eigenvalue weighted by Crippen LogP contribution is 2.10. The molecule has 0 bridgehead atoms. The lowest BCUT2D eigenvalue weighted by Crippen LogP contribution is -2.54. The summed E-state index contributed by atoms with van der Waals surface area (Å²) in [5.41, 5.74) is -0.0242. The van der Waals surface area contributed by atoms with E-state index in [-0.39, 0.29) is 5.66 Å². The van der Waals surface area contributed by atoms with Crippen molar-refractivity contribution in [2.75, 3.05) is 27.7 Å². The van der Waals surface area contributed by atoms with E-state index in [2.05, 4.69) is 22.9 Å². The standard InChI is InChI=1S/C11H26N3O/c1-6-15-8-7-10(12-3)9-11(2,13-4)14-5/h6,10,12-14H,7-9H2,1-5H3. The Morgan fingerprint density at radius 2 is 1.87 bits per heavy atom. The van der Waals surface area contributed by atoms with Crippen molar-refractivity contribution < 1.29 is 4.74 Å². The van der Waals surface area contributed by atoms with Crippen LogP contribution in [0.2, 0.25) is 0 Å². The van der Waals surface area contributed by atoms with Gasteiger partial charge in [-0.2, -0.15) is 0 Å². The number of hydrogen-bond acceptors (Lipinski definition) is 4. The molecule has 0 aromatic carbocycles. The van der Waals surface area contributed by atoms with Crippen LogP contribution in [0.15, 0.2) is 0 Å². The molecular weight excluding hydrogens is 190 g/mol. The van der Waals surface area contributed by atoms with Gasteiger partial charge in [-0.25, -0.2) is 0 Å². The van der Waals surface area contributed by atoms with Gasteiger partial charge in [-0.3, -0.25) is 0 Å². The van der Waals surface area contributed by atoms with Gasteiger partial charge in [0.1, 0.15) is 0 Å². The lowest BCUT2D eigenvalue weighted by atomic mass is 10.00. The minimum Gasteiger partial charge on any atom is -0.376 e. The largest absolute Gasteiger partial charge is 0.376 e. The predicted molar refractivity (Wildman–Crippen MR) is 64.5 cm³/mol. The molecule has 0 saturated heterocycles. The molecular formula is C11H26N3O. The van der Waals surface area contributed by atoms with E-state index in [9.17, 15) is 0 Å². The van der Waals surface area contributed by atoms with Crippen molar-refractivity contribution >= 4 is 0 Å². The van der Waals surface area contributed by atoms with Crippen LogP contribution in [-0.4, -0.2) is 39.5 Å².